The van der Waals surface area contributed by atoms with Crippen LogP contribution in [0.15, 0.2) is 298 Å². The monoisotopic (exact) mass is 2160 g/mol. The van der Waals surface area contributed by atoms with E-state index in [0.29, 0.717) is 20.5 Å². The number of nitrogens with one attached hydrogen (secondary N) is 8. The van der Waals surface area contributed by atoms with E-state index in [2.05, 4.69) is 212 Å². The first-order valence-corrected chi connectivity index (χ1v) is 51.3. The average molecular weight is 2170 g/mol. The van der Waals surface area contributed by atoms with E-state index in [4.69, 9.17) is 128 Å². The summed E-state index contributed by atoms with van der Waals surface area (Å²) in [6, 6.07) is 83.8. The number of H-pyrrole nitrogens is 8. The van der Waals surface area contributed by atoms with Gasteiger partial charge in [-0.1, -0.05) is 181 Å². The predicted molar refractivity (Wildman–Crippen MR) is 617 cm³/mol. The highest BCUT2D eigenvalue weighted by Gasteiger charge is 2.09. The summed E-state index contributed by atoms with van der Waals surface area (Å²) >= 11 is 69.0. The van der Waals surface area contributed by atoms with Crippen molar-refractivity contribution in [1.29, 1.82) is 0 Å². The number of hydrogen-bond donors (Lipinski definition) is 8. The molecule has 0 unspecified atom stereocenters. The molecule has 0 spiro atoms. The Kier molecular flexibility index (Phi) is 37.3. The molecule has 0 radical (unpaired) electrons. The number of rotatable bonds is 0. The molecule has 0 saturated carbocycles. The molecule has 0 aliphatic rings. The molecule has 8 aromatic carbocycles. The molecule has 18 aromatic heterocycles. The van der Waals surface area contributed by atoms with Crippen molar-refractivity contribution >= 4 is 302 Å². The minimum absolute atomic E-state index is 0.548. The summed E-state index contributed by atoms with van der Waals surface area (Å²) in [5.41, 5.74) is 22.6. The third kappa shape index (κ3) is 30.8. The predicted octanol–water partition coefficient (Wildman–Crippen LogP) is 37.5. The largest absolute Gasteiger partial charge is 0.361 e. The summed E-state index contributed by atoms with van der Waals surface area (Å²) in [7, 11) is 0. The summed E-state index contributed by atoms with van der Waals surface area (Å²) in [6.45, 7) is 26.4. The number of imidazole rings is 1. The number of thiophene rings is 3. The lowest BCUT2D eigenvalue weighted by molar-refractivity contribution is 1.12. The van der Waals surface area contributed by atoms with Crippen molar-refractivity contribution in [2.45, 2.75) is 90.0 Å². The molecule has 0 fully saturated rings. The van der Waals surface area contributed by atoms with Crippen LogP contribution in [0.25, 0.3) is 140 Å². The summed E-state index contributed by atoms with van der Waals surface area (Å²) in [5.74, 6) is 0.919. The van der Waals surface area contributed by atoms with Gasteiger partial charge in [0.1, 0.15) is 37.4 Å². The molecule has 0 saturated heterocycles. The molecule has 724 valence electrons. The van der Waals surface area contributed by atoms with Crippen LogP contribution >= 0.6 is 162 Å². The first-order valence-electron chi connectivity index (χ1n) is 44.7. The number of aromatic nitrogens is 17. The molecule has 8 N–H and O–H groups in total. The molecule has 0 aliphatic carbocycles. The van der Waals surface area contributed by atoms with Crippen LogP contribution in [0, 0.1) is 90.0 Å². The fraction of sp³-hybridized carbons (Fsp3) is 0.116. The third-order valence-electron chi connectivity index (χ3n) is 21.4. The smallest absolute Gasteiger partial charge is 0.139 e. The van der Waals surface area contributed by atoms with Crippen LogP contribution < -0.4 is 0 Å². The van der Waals surface area contributed by atoms with Gasteiger partial charge in [-0.3, -0.25) is 15.1 Å². The van der Waals surface area contributed by atoms with Gasteiger partial charge in [-0.2, -0.15) is 5.10 Å². The van der Waals surface area contributed by atoms with Crippen molar-refractivity contribution in [3.05, 3.63) is 425 Å². The molecule has 0 amide bonds. The second-order valence-corrected chi connectivity index (χ2v) is 41.7. The van der Waals surface area contributed by atoms with E-state index < -0.39 is 0 Å². The molecular weight excluding hydrogens is 2070 g/mol. The SMILES string of the molecule is Cc1cc2[nH]cc(Cl)c2cn1.Cc1cc2cc(Cl)ccc2[nH]1.Cc1cc2cc(Cl)ccc2s1.Cc1cc2cc(Cl)cnc2[nH]1.Cc1cc2ccc(Cl)nc2s1.Cc1cc2nc(Cl)ccc2s1.Cc1ccc2[nH]ccc2c1.Cc1ccc2[nH]ncc2c1.Cc1ccc2c(Cl)c[nH]c2c1.Cc1ccc2c(Cl)c[nH]c2n1.Cc1ccc2cc(Cl)ccc2n1.Cc1ccc2nc(Cl)ccc2c1.Cc1nc2ccc(Cl)cc2[nH]1. The van der Waals surface area contributed by atoms with Crippen LogP contribution in [0.3, 0.4) is 0 Å². The highest BCUT2D eigenvalue weighted by molar-refractivity contribution is 7.19. The molecule has 18 heterocycles. The number of nitrogens with zero attached hydrogens (tertiary/aromatic N) is 9. The molecule has 26 aromatic rings. The highest BCUT2D eigenvalue weighted by Crippen LogP contribution is 2.32. The summed E-state index contributed by atoms with van der Waals surface area (Å²) in [6.07, 6.45) is 12.5. The number of hydrogen-bond acceptors (Lipinski definition) is 12. The van der Waals surface area contributed by atoms with E-state index in [9.17, 15) is 0 Å². The van der Waals surface area contributed by atoms with E-state index in [1.807, 2.05) is 236 Å². The van der Waals surface area contributed by atoms with Crippen LogP contribution in [-0.2, 0) is 0 Å². The molecule has 143 heavy (non-hydrogen) atoms. The van der Waals surface area contributed by atoms with Crippen LogP contribution in [0.4, 0.5) is 0 Å². The lowest BCUT2D eigenvalue weighted by Gasteiger charge is -1.98. The summed E-state index contributed by atoms with van der Waals surface area (Å²) in [5, 5.41) is 27.0. The Morgan fingerprint density at radius 1 is 0.252 bits per heavy atom. The standard InChI is InChI=1S/2C10H8ClN.2C9H8ClN.C9H7ClS.C9H9N.4C8H7ClN2.2C8H6ClNS.C8H8N2/c1-7-2-4-9-8(6-7)3-5-10(11)12-9;1-7-2-3-8-6-9(11)4-5-10(8)12-7;1-6-4-7-5-8(10)2-3-9(7)11-6;1-6-2-3-7-8(10)5-11-9(7)4-6;1-6-4-7-5-8(10)2-3-9(7)11-6;1-7-2-3-9-8(6-7)4-5-10-9;1-5-2-8-6(3-10-5)7(9)4-11-8;1-5-2-6-3-7(9)4-10-8(6)11-5;1-5-10-7-3-2-6(9)4-8(7)11-5;1-5-2-3-6-7(9)4-10-8(6)11-5;1-5-4-6-7(11-5)2-3-8(9)10-6;1-5-4-6-2-3-7(9)10-8(6)11-5;1-6-2-3-8-7(4-6)5-9-10-8/h2*2-6H,1H3;2*2-5,11H,1H3;2-5H,1H3;2-6,10H,1H3;2-4,11H,1H3;3*2-4H,1H3,(H,10,11);2*2-4H,1H3;2-5H,1H3,(H,9,10). The molecule has 31 heteroatoms. The lowest BCUT2D eigenvalue weighted by atomic mass is 10.1. The Morgan fingerprint density at radius 2 is 0.762 bits per heavy atom. The van der Waals surface area contributed by atoms with Crippen molar-refractivity contribution in [2.75, 3.05) is 0 Å². The summed E-state index contributed by atoms with van der Waals surface area (Å²) < 4.78 is 2.51. The van der Waals surface area contributed by atoms with Crippen molar-refractivity contribution < 1.29 is 0 Å². The van der Waals surface area contributed by atoms with Gasteiger partial charge >= 0.3 is 0 Å². The first-order chi connectivity index (χ1) is 68.6. The highest BCUT2D eigenvalue weighted by atomic mass is 35.5. The zero-order valence-electron chi connectivity index (χ0n) is 79.7. The number of pyridine rings is 7. The lowest BCUT2D eigenvalue weighted by Crippen LogP contribution is -1.81. The van der Waals surface area contributed by atoms with Crippen molar-refractivity contribution in [1.82, 2.24) is 85.0 Å². The Balaban J connectivity index is 0.000000123. The van der Waals surface area contributed by atoms with Gasteiger partial charge in [0.05, 0.1) is 69.6 Å². The number of aryl methyl sites for hydroxylation is 13. The molecule has 17 nitrogen and oxygen atoms in total. The number of aromatic amines is 8. The fourth-order valence-electron chi connectivity index (χ4n) is 14.7. The zero-order chi connectivity index (χ0) is 102. The van der Waals surface area contributed by atoms with Crippen LogP contribution in [0.2, 0.25) is 55.6 Å². The van der Waals surface area contributed by atoms with Gasteiger partial charge < -0.3 is 34.9 Å². The average Bonchev–Trinajstić information content (AvgIpc) is 1.81. The van der Waals surface area contributed by atoms with E-state index in [1.165, 1.54) is 84.4 Å². The topological polar surface area (TPSA) is 242 Å². The number of fused-ring (bicyclic) bond motifs is 13. The molecule has 0 aliphatic heterocycles. The second kappa shape index (κ2) is 50.2. The molecular formula is C112H96Cl11N17S3. The van der Waals surface area contributed by atoms with E-state index in [0.717, 1.165) is 162 Å². The summed E-state index contributed by atoms with van der Waals surface area (Å²) in [4.78, 5) is 60.3. The maximum absolute atomic E-state index is 5.89. The van der Waals surface area contributed by atoms with Gasteiger partial charge in [0.2, 0.25) is 0 Å². The van der Waals surface area contributed by atoms with Crippen LogP contribution in [0.5, 0.6) is 0 Å². The maximum atomic E-state index is 5.89. The van der Waals surface area contributed by atoms with Gasteiger partial charge in [0, 0.05) is 170 Å². The van der Waals surface area contributed by atoms with Crippen molar-refractivity contribution in [3.63, 3.8) is 0 Å². The Hall–Kier alpha value is -12.4. The molecule has 0 bridgehead atoms. The molecule has 26 rings (SSSR count). The normalized spacial score (nSPS) is 10.7. The van der Waals surface area contributed by atoms with E-state index in [1.54, 1.807) is 58.8 Å². The van der Waals surface area contributed by atoms with Gasteiger partial charge in [0.15, 0.2) is 0 Å². The third-order valence-corrected chi connectivity index (χ3v) is 27.1. The quantitative estimate of drug-likeness (QED) is 0.0672. The van der Waals surface area contributed by atoms with Crippen molar-refractivity contribution in [3.8, 4) is 0 Å². The minimum atomic E-state index is 0.548. The Bertz CT molecular complexity index is 7760. The Morgan fingerprint density at radius 3 is 1.52 bits per heavy atom. The van der Waals surface area contributed by atoms with Crippen molar-refractivity contribution in [2.24, 2.45) is 0 Å². The van der Waals surface area contributed by atoms with Crippen LogP contribution in [0.1, 0.15) is 71.2 Å². The minimum Gasteiger partial charge on any atom is -0.361 e. The zero-order valence-corrected chi connectivity index (χ0v) is 90.5. The fourth-order valence-corrected chi connectivity index (χ4v) is 19.4. The Labute approximate surface area is 893 Å². The van der Waals surface area contributed by atoms with E-state index in [-0.39, 0.29) is 0 Å². The maximum Gasteiger partial charge on any atom is 0.139 e. The van der Waals surface area contributed by atoms with E-state index >= 15 is 0 Å². The molecule has 0 atom stereocenters. The van der Waals surface area contributed by atoms with Gasteiger partial charge in [-0.15, -0.1) is 34.0 Å². The number of benzene rings is 8. The first kappa shape index (κ1) is 106. The van der Waals surface area contributed by atoms with Crippen LogP contribution in [-0.4, -0.2) is 85.0 Å². The second-order valence-electron chi connectivity index (χ2n) is 33.3. The van der Waals surface area contributed by atoms with Gasteiger partial charge in [-0.05, 0) is 325 Å². The van der Waals surface area contributed by atoms with Gasteiger partial charge in [-0.25, -0.2) is 29.9 Å². The van der Waals surface area contributed by atoms with Gasteiger partial charge in [0.25, 0.3) is 0 Å². The number of halogens is 11.